The first-order valence-corrected chi connectivity index (χ1v) is 10.8. The standard InChI is InChI=1S/C18H14Br2FN3O3S/c1-3-27-18(25)14-12(7-19)23-16(17-22-8-13(26-2)28-17)24-15(14)10-5-4-9(21)6-11(10)20/h4-6,8H,3,7H2,1-2H3. The van der Waals surface area contributed by atoms with Gasteiger partial charge in [-0.05, 0) is 41.1 Å². The molecule has 0 radical (unpaired) electrons. The van der Waals surface area contributed by atoms with Crippen molar-refractivity contribution < 1.29 is 18.7 Å². The first kappa shape index (κ1) is 20.8. The average molecular weight is 531 g/mol. The van der Waals surface area contributed by atoms with Crippen LogP contribution in [0.4, 0.5) is 4.39 Å². The third kappa shape index (κ3) is 4.23. The fourth-order valence-corrected chi connectivity index (χ4v) is 4.06. The van der Waals surface area contributed by atoms with Crippen LogP contribution in [0.15, 0.2) is 28.9 Å². The number of carbonyl (C=O) groups is 1. The maximum absolute atomic E-state index is 13.6. The number of nitrogens with zero attached hydrogens (tertiary/aromatic N) is 3. The molecular formula is C18H14Br2FN3O3S. The van der Waals surface area contributed by atoms with Crippen molar-refractivity contribution in [3.05, 3.63) is 45.9 Å². The number of carbonyl (C=O) groups excluding carboxylic acids is 1. The number of ether oxygens (including phenoxy) is 2. The smallest absolute Gasteiger partial charge is 0.342 e. The second kappa shape index (κ2) is 9.06. The molecule has 0 saturated heterocycles. The summed E-state index contributed by atoms with van der Waals surface area (Å²) >= 11 is 8.01. The number of esters is 1. The summed E-state index contributed by atoms with van der Waals surface area (Å²) in [5, 5.41) is 1.44. The first-order valence-electron chi connectivity index (χ1n) is 8.08. The van der Waals surface area contributed by atoms with Gasteiger partial charge in [0.15, 0.2) is 15.9 Å². The van der Waals surface area contributed by atoms with Gasteiger partial charge in [-0.25, -0.2) is 24.1 Å². The molecule has 0 amide bonds. The van der Waals surface area contributed by atoms with E-state index in [4.69, 9.17) is 9.47 Å². The molecule has 0 aliphatic rings. The van der Waals surface area contributed by atoms with Crippen LogP contribution in [0.25, 0.3) is 22.1 Å². The summed E-state index contributed by atoms with van der Waals surface area (Å²) in [6.45, 7) is 1.92. The number of aromatic nitrogens is 3. The second-order valence-corrected chi connectivity index (χ2v) is 7.79. The van der Waals surface area contributed by atoms with Crippen LogP contribution >= 0.6 is 43.2 Å². The molecule has 2 aromatic heterocycles. The fourth-order valence-electron chi connectivity index (χ4n) is 2.45. The van der Waals surface area contributed by atoms with Gasteiger partial charge in [0.05, 0.1) is 31.3 Å². The molecule has 2 heterocycles. The molecule has 3 rings (SSSR count). The SMILES string of the molecule is CCOC(=O)c1c(CBr)nc(-c2ncc(OC)s2)nc1-c1ccc(F)cc1Br. The molecule has 0 spiro atoms. The zero-order valence-corrected chi connectivity index (χ0v) is 18.8. The largest absolute Gasteiger partial charge is 0.486 e. The van der Waals surface area contributed by atoms with E-state index in [0.29, 0.717) is 42.6 Å². The molecule has 0 atom stereocenters. The first-order chi connectivity index (χ1) is 13.5. The van der Waals surface area contributed by atoms with Gasteiger partial charge in [0, 0.05) is 15.4 Å². The lowest BCUT2D eigenvalue weighted by atomic mass is 10.0. The maximum Gasteiger partial charge on any atom is 0.342 e. The Kier molecular flexibility index (Phi) is 6.73. The molecule has 1 aromatic carbocycles. The average Bonchev–Trinajstić information content (AvgIpc) is 3.16. The maximum atomic E-state index is 13.6. The lowest BCUT2D eigenvalue weighted by molar-refractivity contribution is 0.0525. The fraction of sp³-hybridized carbons (Fsp3) is 0.222. The molecule has 146 valence electrons. The molecule has 10 heteroatoms. The number of benzene rings is 1. The molecule has 0 bridgehead atoms. The number of hydrogen-bond donors (Lipinski definition) is 0. The summed E-state index contributed by atoms with van der Waals surface area (Å²) in [6.07, 6.45) is 1.57. The van der Waals surface area contributed by atoms with Gasteiger partial charge in [-0.15, -0.1) is 0 Å². The van der Waals surface area contributed by atoms with E-state index >= 15 is 0 Å². The van der Waals surface area contributed by atoms with E-state index in [2.05, 4.69) is 46.8 Å². The number of halogens is 3. The molecule has 6 nitrogen and oxygen atoms in total. The number of methoxy groups -OCH3 is 1. The van der Waals surface area contributed by atoms with E-state index in [0.717, 1.165) is 0 Å². The minimum Gasteiger partial charge on any atom is -0.486 e. The van der Waals surface area contributed by atoms with Gasteiger partial charge >= 0.3 is 5.97 Å². The third-order valence-corrected chi connectivity index (χ3v) is 5.80. The topological polar surface area (TPSA) is 74.2 Å². The van der Waals surface area contributed by atoms with E-state index in [1.165, 1.54) is 23.5 Å². The van der Waals surface area contributed by atoms with Crippen molar-refractivity contribution in [3.8, 4) is 27.2 Å². The van der Waals surface area contributed by atoms with E-state index in [1.807, 2.05) is 0 Å². The molecule has 0 unspecified atom stereocenters. The van der Waals surface area contributed by atoms with Crippen LogP contribution in [0.1, 0.15) is 23.0 Å². The Morgan fingerprint density at radius 3 is 2.71 bits per heavy atom. The molecule has 0 aliphatic carbocycles. The summed E-state index contributed by atoms with van der Waals surface area (Å²) in [6, 6.07) is 4.16. The van der Waals surface area contributed by atoms with Crippen molar-refractivity contribution in [3.63, 3.8) is 0 Å². The Hall–Kier alpha value is -1.91. The van der Waals surface area contributed by atoms with Crippen molar-refractivity contribution in [2.45, 2.75) is 12.3 Å². The van der Waals surface area contributed by atoms with Crippen molar-refractivity contribution in [1.82, 2.24) is 15.0 Å². The zero-order chi connectivity index (χ0) is 20.3. The summed E-state index contributed by atoms with van der Waals surface area (Å²) in [4.78, 5) is 26.0. The van der Waals surface area contributed by atoms with Crippen molar-refractivity contribution in [2.24, 2.45) is 0 Å². The van der Waals surface area contributed by atoms with Crippen LogP contribution in [-0.4, -0.2) is 34.6 Å². The van der Waals surface area contributed by atoms with Gasteiger partial charge in [-0.2, -0.15) is 0 Å². The summed E-state index contributed by atoms with van der Waals surface area (Å²) in [5.74, 6) is -0.624. The molecule has 0 fully saturated rings. The Morgan fingerprint density at radius 2 is 2.11 bits per heavy atom. The molecule has 28 heavy (non-hydrogen) atoms. The van der Waals surface area contributed by atoms with E-state index in [9.17, 15) is 9.18 Å². The monoisotopic (exact) mass is 529 g/mol. The van der Waals surface area contributed by atoms with Crippen LogP contribution in [0.5, 0.6) is 5.06 Å². The second-order valence-electron chi connectivity index (χ2n) is 5.38. The van der Waals surface area contributed by atoms with E-state index in [-0.39, 0.29) is 12.2 Å². The van der Waals surface area contributed by atoms with Crippen LogP contribution in [0.3, 0.4) is 0 Å². The Morgan fingerprint density at radius 1 is 1.32 bits per heavy atom. The summed E-state index contributed by atoms with van der Waals surface area (Å²) in [7, 11) is 1.55. The zero-order valence-electron chi connectivity index (χ0n) is 14.8. The van der Waals surface area contributed by atoms with Crippen molar-refractivity contribution in [2.75, 3.05) is 13.7 Å². The lowest BCUT2D eigenvalue weighted by Gasteiger charge is -2.14. The highest BCUT2D eigenvalue weighted by molar-refractivity contribution is 9.10. The number of thiazole rings is 1. The third-order valence-electron chi connectivity index (χ3n) is 3.65. The van der Waals surface area contributed by atoms with Crippen LogP contribution in [0, 0.1) is 5.82 Å². The molecular weight excluding hydrogens is 517 g/mol. The quantitative estimate of drug-likeness (QED) is 0.320. The number of hydrogen-bond acceptors (Lipinski definition) is 7. The van der Waals surface area contributed by atoms with Gasteiger partial charge < -0.3 is 9.47 Å². The highest BCUT2D eigenvalue weighted by Crippen LogP contribution is 2.35. The van der Waals surface area contributed by atoms with Gasteiger partial charge in [0.2, 0.25) is 0 Å². The van der Waals surface area contributed by atoms with Crippen molar-refractivity contribution in [1.29, 1.82) is 0 Å². The Bertz CT molecular complexity index is 1030. The number of rotatable bonds is 6. The number of alkyl halides is 1. The van der Waals surface area contributed by atoms with Crippen LogP contribution in [0.2, 0.25) is 0 Å². The molecule has 0 saturated carbocycles. The predicted octanol–water partition coefficient (Wildman–Crippen LogP) is 5.25. The summed E-state index contributed by atoms with van der Waals surface area (Å²) < 4.78 is 24.4. The van der Waals surface area contributed by atoms with Gasteiger partial charge in [0.25, 0.3) is 0 Å². The predicted molar refractivity (Wildman–Crippen MR) is 111 cm³/mol. The Balaban J connectivity index is 2.28. The van der Waals surface area contributed by atoms with Gasteiger partial charge in [0.1, 0.15) is 11.4 Å². The lowest BCUT2D eigenvalue weighted by Crippen LogP contribution is -2.13. The minimum atomic E-state index is -0.550. The van der Waals surface area contributed by atoms with Crippen LogP contribution in [-0.2, 0) is 10.1 Å². The van der Waals surface area contributed by atoms with Gasteiger partial charge in [-0.1, -0.05) is 27.3 Å². The normalized spacial score (nSPS) is 10.8. The van der Waals surface area contributed by atoms with Gasteiger partial charge in [-0.3, -0.25) is 0 Å². The highest BCUT2D eigenvalue weighted by Gasteiger charge is 2.25. The highest BCUT2D eigenvalue weighted by atomic mass is 79.9. The molecule has 0 N–H and O–H groups in total. The Labute approximate surface area is 181 Å². The van der Waals surface area contributed by atoms with E-state index in [1.54, 1.807) is 26.3 Å². The minimum absolute atomic E-state index is 0.204. The van der Waals surface area contributed by atoms with Crippen LogP contribution < -0.4 is 4.74 Å². The molecule has 3 aromatic rings. The summed E-state index contributed by atoms with van der Waals surface area (Å²) in [5.41, 5.74) is 1.54. The van der Waals surface area contributed by atoms with Crippen molar-refractivity contribution >= 4 is 49.2 Å². The van der Waals surface area contributed by atoms with E-state index < -0.39 is 11.8 Å². The molecule has 0 aliphatic heterocycles.